The van der Waals surface area contributed by atoms with Gasteiger partial charge in [-0.1, -0.05) is 40.5 Å². The molecule has 0 amide bonds. The Balaban J connectivity index is 2.00. The Morgan fingerprint density at radius 1 is 1.00 bits per heavy atom. The Kier molecular flexibility index (Phi) is 6.12. The highest BCUT2D eigenvalue weighted by Crippen LogP contribution is 2.62. The molecule has 29 heavy (non-hydrogen) atoms. The van der Waals surface area contributed by atoms with Crippen molar-refractivity contribution in [3.8, 4) is 11.5 Å². The Labute approximate surface area is 175 Å². The average Bonchev–Trinajstić information content (AvgIpc) is 2.62. The van der Waals surface area contributed by atoms with Crippen LogP contribution >= 0.6 is 0 Å². The lowest BCUT2D eigenvalue weighted by Crippen LogP contribution is -2.53. The first-order valence-corrected chi connectivity index (χ1v) is 11.1. The second kappa shape index (κ2) is 8.12. The van der Waals surface area contributed by atoms with Crippen LogP contribution in [0, 0.1) is 28.6 Å². The molecule has 3 rings (SSSR count). The lowest BCUT2D eigenvalue weighted by atomic mass is 9.45. The van der Waals surface area contributed by atoms with E-state index in [0.717, 1.165) is 17.9 Å². The van der Waals surface area contributed by atoms with Gasteiger partial charge in [0.2, 0.25) is 0 Å². The first-order chi connectivity index (χ1) is 13.6. The second-order valence-electron chi connectivity index (χ2n) is 9.97. The Bertz CT molecular complexity index is 785. The van der Waals surface area contributed by atoms with Gasteiger partial charge in [-0.25, -0.2) is 0 Å². The highest BCUT2D eigenvalue weighted by molar-refractivity contribution is 5.71. The molecule has 1 aromatic carbocycles. The molecule has 2 aliphatic carbocycles. The summed E-state index contributed by atoms with van der Waals surface area (Å²) in [5.74, 6) is 2.35. The molecular weight excluding hydrogens is 364 g/mol. The summed E-state index contributed by atoms with van der Waals surface area (Å²) in [6, 6.07) is 5.34. The first kappa shape index (κ1) is 21.9. The molecule has 2 saturated carbocycles. The van der Waals surface area contributed by atoms with Crippen molar-refractivity contribution in [3.05, 3.63) is 23.8 Å². The summed E-state index contributed by atoms with van der Waals surface area (Å²) in [5.41, 5.74) is 1.41. The van der Waals surface area contributed by atoms with Gasteiger partial charge in [0, 0.05) is 13.8 Å². The molecule has 2 fully saturated rings. The zero-order valence-corrected chi connectivity index (χ0v) is 18.8. The monoisotopic (exact) mass is 400 g/mol. The predicted molar refractivity (Wildman–Crippen MR) is 114 cm³/mol. The maximum Gasteiger partial charge on any atom is 0.308 e. The summed E-state index contributed by atoms with van der Waals surface area (Å²) in [6.07, 6.45) is 7.19. The minimum Gasteiger partial charge on any atom is -0.427 e. The minimum atomic E-state index is -0.345. The van der Waals surface area contributed by atoms with Gasteiger partial charge in [-0.15, -0.1) is 0 Å². The average molecular weight is 401 g/mol. The van der Waals surface area contributed by atoms with E-state index < -0.39 is 0 Å². The maximum absolute atomic E-state index is 11.7. The quantitative estimate of drug-likeness (QED) is 0.462. The number of carbonyl (C=O) groups excluding carboxylic acids is 2. The molecule has 0 heterocycles. The fraction of sp³-hybridized carbons (Fsp3) is 0.680. The molecule has 2 aliphatic rings. The van der Waals surface area contributed by atoms with Crippen LogP contribution in [0.2, 0.25) is 0 Å². The van der Waals surface area contributed by atoms with Crippen LogP contribution in [-0.4, -0.2) is 11.9 Å². The fourth-order valence-corrected chi connectivity index (χ4v) is 6.22. The fourth-order valence-electron chi connectivity index (χ4n) is 6.22. The van der Waals surface area contributed by atoms with Gasteiger partial charge in [-0.05, 0) is 78.0 Å². The van der Waals surface area contributed by atoms with E-state index in [2.05, 4.69) is 27.7 Å². The van der Waals surface area contributed by atoms with Crippen LogP contribution in [0.5, 0.6) is 11.5 Å². The minimum absolute atomic E-state index is 0.103. The van der Waals surface area contributed by atoms with Gasteiger partial charge in [-0.2, -0.15) is 0 Å². The molecule has 0 N–H and O–H groups in total. The van der Waals surface area contributed by atoms with Gasteiger partial charge in [0.1, 0.15) is 11.5 Å². The van der Waals surface area contributed by atoms with Gasteiger partial charge in [0.15, 0.2) is 0 Å². The van der Waals surface area contributed by atoms with Crippen molar-refractivity contribution < 1.29 is 19.1 Å². The molecule has 4 nitrogen and oxygen atoms in total. The van der Waals surface area contributed by atoms with Gasteiger partial charge >= 0.3 is 11.9 Å². The van der Waals surface area contributed by atoms with E-state index in [4.69, 9.17) is 9.47 Å². The highest BCUT2D eigenvalue weighted by atomic mass is 16.5. The highest BCUT2D eigenvalue weighted by Gasteiger charge is 2.55. The number of rotatable bonds is 4. The van der Waals surface area contributed by atoms with E-state index in [1.54, 1.807) is 12.1 Å². The molecule has 160 valence electrons. The summed E-state index contributed by atoms with van der Waals surface area (Å²) in [7, 11) is 0. The summed E-state index contributed by atoms with van der Waals surface area (Å²) in [6.45, 7) is 12.5. The summed E-state index contributed by atoms with van der Waals surface area (Å²) >= 11 is 0. The summed E-state index contributed by atoms with van der Waals surface area (Å²) < 4.78 is 10.9. The lowest BCUT2D eigenvalue weighted by Gasteiger charge is -2.60. The van der Waals surface area contributed by atoms with Crippen LogP contribution < -0.4 is 9.47 Å². The number of ether oxygens (including phenoxy) is 2. The number of benzene rings is 1. The SMILES string of the molecule is CC(=O)Oc1ccc(OC(C)=O)c(C[C@@]2(C)[C@H]3CCC[C@@H](C)[C@@]3(C)CC[C@H]2C)c1. The third kappa shape index (κ3) is 4.22. The topological polar surface area (TPSA) is 52.6 Å². The van der Waals surface area contributed by atoms with Crippen molar-refractivity contribution in [2.24, 2.45) is 28.6 Å². The van der Waals surface area contributed by atoms with E-state index in [1.165, 1.54) is 46.0 Å². The molecule has 0 bridgehead atoms. The first-order valence-electron chi connectivity index (χ1n) is 11.1. The largest absolute Gasteiger partial charge is 0.427 e. The van der Waals surface area contributed by atoms with E-state index in [1.807, 2.05) is 6.07 Å². The molecular formula is C25H36O4. The maximum atomic E-state index is 11.7. The Hall–Kier alpha value is -1.84. The van der Waals surface area contributed by atoms with E-state index in [0.29, 0.717) is 28.7 Å². The van der Waals surface area contributed by atoms with E-state index in [9.17, 15) is 9.59 Å². The van der Waals surface area contributed by atoms with Gasteiger partial charge in [-0.3, -0.25) is 9.59 Å². The summed E-state index contributed by atoms with van der Waals surface area (Å²) in [5, 5.41) is 0. The van der Waals surface area contributed by atoms with Crippen LogP contribution in [-0.2, 0) is 16.0 Å². The zero-order valence-electron chi connectivity index (χ0n) is 18.8. The number of hydrogen-bond donors (Lipinski definition) is 0. The normalized spacial score (nSPS) is 34.2. The van der Waals surface area contributed by atoms with Crippen LogP contribution in [0.15, 0.2) is 18.2 Å². The van der Waals surface area contributed by atoms with Crippen molar-refractivity contribution in [2.45, 2.75) is 80.1 Å². The molecule has 0 aliphatic heterocycles. The van der Waals surface area contributed by atoms with Crippen LogP contribution in [0.25, 0.3) is 0 Å². The molecule has 1 aromatic rings. The lowest BCUT2D eigenvalue weighted by molar-refractivity contribution is -0.133. The predicted octanol–water partition coefficient (Wildman–Crippen LogP) is 5.96. The van der Waals surface area contributed by atoms with Crippen molar-refractivity contribution in [2.75, 3.05) is 0 Å². The standard InChI is InChI=1S/C25H36O4/c1-16-8-7-9-23-24(16,5)13-12-17(2)25(23,6)15-20-14-21(28-18(3)26)10-11-22(20)29-19(4)27/h10-11,14,16-17,23H,7-9,12-13,15H2,1-6H3/t16-,17-,23+,24-,25-/m1/s1. The smallest absolute Gasteiger partial charge is 0.308 e. The molecule has 0 saturated heterocycles. The molecule has 0 aromatic heterocycles. The van der Waals surface area contributed by atoms with Crippen LogP contribution in [0.4, 0.5) is 0 Å². The number of fused-ring (bicyclic) bond motifs is 1. The third-order valence-electron chi connectivity index (χ3n) is 8.21. The van der Waals surface area contributed by atoms with E-state index in [-0.39, 0.29) is 17.4 Å². The summed E-state index contributed by atoms with van der Waals surface area (Å²) in [4.78, 5) is 23.1. The molecule has 0 unspecified atom stereocenters. The van der Waals surface area contributed by atoms with Crippen molar-refractivity contribution in [1.82, 2.24) is 0 Å². The number of hydrogen-bond acceptors (Lipinski definition) is 4. The molecule has 0 radical (unpaired) electrons. The zero-order chi connectivity index (χ0) is 21.4. The van der Waals surface area contributed by atoms with Gasteiger partial charge < -0.3 is 9.47 Å². The van der Waals surface area contributed by atoms with Gasteiger partial charge in [0.25, 0.3) is 0 Å². The van der Waals surface area contributed by atoms with Crippen LogP contribution in [0.1, 0.15) is 79.2 Å². The van der Waals surface area contributed by atoms with Crippen LogP contribution in [0.3, 0.4) is 0 Å². The molecule has 4 heteroatoms. The van der Waals surface area contributed by atoms with Crippen molar-refractivity contribution in [1.29, 1.82) is 0 Å². The van der Waals surface area contributed by atoms with Crippen molar-refractivity contribution in [3.63, 3.8) is 0 Å². The second-order valence-corrected chi connectivity index (χ2v) is 9.97. The molecule has 5 atom stereocenters. The van der Waals surface area contributed by atoms with Crippen molar-refractivity contribution >= 4 is 11.9 Å². The van der Waals surface area contributed by atoms with E-state index >= 15 is 0 Å². The number of carbonyl (C=O) groups is 2. The Morgan fingerprint density at radius 3 is 2.34 bits per heavy atom. The number of esters is 2. The third-order valence-corrected chi connectivity index (χ3v) is 8.21. The molecule has 0 spiro atoms. The Morgan fingerprint density at radius 2 is 1.69 bits per heavy atom. The van der Waals surface area contributed by atoms with Gasteiger partial charge in [0.05, 0.1) is 0 Å².